The van der Waals surface area contributed by atoms with E-state index in [0.29, 0.717) is 42.9 Å². The van der Waals surface area contributed by atoms with Gasteiger partial charge in [0.15, 0.2) is 10.9 Å². The van der Waals surface area contributed by atoms with Crippen molar-refractivity contribution in [3.05, 3.63) is 15.7 Å². The fraction of sp³-hybridized carbons (Fsp3) is 0.682. The van der Waals surface area contributed by atoms with Crippen molar-refractivity contribution in [2.24, 2.45) is 11.8 Å². The molecule has 0 radical (unpaired) electrons. The Morgan fingerprint density at radius 1 is 1.18 bits per heavy atom. The zero-order valence-electron chi connectivity index (χ0n) is 19.2. The monoisotopic (exact) mass is 497 g/mol. The highest BCUT2D eigenvalue weighted by Gasteiger charge is 2.55. The van der Waals surface area contributed by atoms with E-state index in [1.807, 2.05) is 20.8 Å². The van der Waals surface area contributed by atoms with Crippen LogP contribution >= 0.6 is 23.2 Å². The van der Waals surface area contributed by atoms with Crippen LogP contribution in [0.2, 0.25) is 10.2 Å². The van der Waals surface area contributed by atoms with Crippen molar-refractivity contribution in [1.29, 1.82) is 0 Å². The number of hydrogen-bond acceptors (Lipinski definition) is 7. The second-order valence-electron chi connectivity index (χ2n) is 10.4. The van der Waals surface area contributed by atoms with Crippen molar-refractivity contribution < 1.29 is 19.1 Å². The molecule has 11 heteroatoms. The Bertz CT molecular complexity index is 988. The number of amides is 2. The Labute approximate surface area is 203 Å². The van der Waals surface area contributed by atoms with Gasteiger partial charge in [-0.05, 0) is 39.7 Å². The van der Waals surface area contributed by atoms with E-state index in [4.69, 9.17) is 32.7 Å². The van der Waals surface area contributed by atoms with Crippen molar-refractivity contribution >= 4 is 41.0 Å². The molecular weight excluding hydrogens is 469 g/mol. The lowest BCUT2D eigenvalue weighted by atomic mass is 10.1. The van der Waals surface area contributed by atoms with Gasteiger partial charge in [0, 0.05) is 38.8 Å². The number of carbonyl (C=O) groups is 2. The number of carbonyl (C=O) groups excluding carboxylic acids is 2. The molecule has 0 aromatic carbocycles. The van der Waals surface area contributed by atoms with Gasteiger partial charge in [0.05, 0.1) is 6.04 Å². The number of rotatable bonds is 2. The molecule has 33 heavy (non-hydrogen) atoms. The van der Waals surface area contributed by atoms with Gasteiger partial charge in [-0.15, -0.1) is 0 Å². The molecule has 0 spiro atoms. The number of aromatic nitrogens is 1. The van der Waals surface area contributed by atoms with Gasteiger partial charge in [0.2, 0.25) is 0 Å². The van der Waals surface area contributed by atoms with Crippen LogP contribution in [-0.4, -0.2) is 95.7 Å². The fourth-order valence-electron chi connectivity index (χ4n) is 5.14. The Balaban J connectivity index is 1.38. The number of ether oxygens (including phenoxy) is 2. The van der Waals surface area contributed by atoms with Crippen LogP contribution in [0.4, 0.5) is 10.6 Å². The molecule has 1 unspecified atom stereocenters. The van der Waals surface area contributed by atoms with E-state index in [9.17, 15) is 9.59 Å². The van der Waals surface area contributed by atoms with Crippen molar-refractivity contribution in [2.45, 2.75) is 38.5 Å². The molecule has 1 N–H and O–H groups in total. The minimum absolute atomic E-state index is 0.101. The molecule has 4 atom stereocenters. The van der Waals surface area contributed by atoms with Gasteiger partial charge < -0.3 is 29.5 Å². The normalized spacial score (nSPS) is 29.0. The number of halogens is 2. The first-order valence-corrected chi connectivity index (χ1v) is 12.0. The van der Waals surface area contributed by atoms with Crippen LogP contribution in [0, 0.1) is 11.8 Å². The molecule has 0 bridgehead atoms. The Hall–Kier alpha value is -1.97. The van der Waals surface area contributed by atoms with E-state index < -0.39 is 11.7 Å². The molecule has 1 aliphatic carbocycles. The van der Waals surface area contributed by atoms with Crippen LogP contribution in [0.25, 0.3) is 0 Å². The summed E-state index contributed by atoms with van der Waals surface area (Å²) in [7, 11) is 2.11. The predicted octanol–water partition coefficient (Wildman–Crippen LogP) is 2.81. The van der Waals surface area contributed by atoms with Crippen LogP contribution in [0.3, 0.4) is 0 Å². The minimum Gasteiger partial charge on any atom is -0.489 e. The maximum absolute atomic E-state index is 13.7. The third kappa shape index (κ3) is 4.19. The van der Waals surface area contributed by atoms with E-state index >= 15 is 0 Å². The average molecular weight is 498 g/mol. The maximum atomic E-state index is 13.7. The number of anilines is 1. The van der Waals surface area contributed by atoms with Gasteiger partial charge in [0.1, 0.15) is 28.6 Å². The lowest BCUT2D eigenvalue weighted by Crippen LogP contribution is -2.58. The van der Waals surface area contributed by atoms with Crippen LogP contribution in [-0.2, 0) is 4.74 Å². The first-order valence-electron chi connectivity index (χ1n) is 11.3. The molecule has 1 aromatic heterocycles. The zero-order valence-corrected chi connectivity index (χ0v) is 20.7. The summed E-state index contributed by atoms with van der Waals surface area (Å²) < 4.78 is 11.5. The lowest BCUT2D eigenvalue weighted by Gasteiger charge is -2.40. The fourth-order valence-corrected chi connectivity index (χ4v) is 5.50. The van der Waals surface area contributed by atoms with E-state index in [1.165, 1.54) is 0 Å². The Morgan fingerprint density at radius 2 is 1.88 bits per heavy atom. The molecule has 1 aromatic rings. The van der Waals surface area contributed by atoms with Crippen LogP contribution in [0.15, 0.2) is 0 Å². The summed E-state index contributed by atoms with van der Waals surface area (Å²) in [5, 5.41) is 3.68. The third-order valence-corrected chi connectivity index (χ3v) is 7.48. The molecule has 3 fully saturated rings. The van der Waals surface area contributed by atoms with Crippen LogP contribution < -0.4 is 10.1 Å². The summed E-state index contributed by atoms with van der Waals surface area (Å²) in [6.07, 6.45) is -0.397. The van der Waals surface area contributed by atoms with Crippen molar-refractivity contribution in [2.75, 3.05) is 51.7 Å². The molecule has 3 aliphatic heterocycles. The van der Waals surface area contributed by atoms with Gasteiger partial charge in [-0.2, -0.15) is 0 Å². The number of hydrogen-bond donors (Lipinski definition) is 1. The summed E-state index contributed by atoms with van der Waals surface area (Å²) in [4.78, 5) is 36.3. The molecule has 2 amide bonds. The lowest BCUT2D eigenvalue weighted by molar-refractivity contribution is 0.000958. The number of likely N-dealkylation sites (tertiary alicyclic amines) is 1. The molecular formula is C22H29Cl2N5O4. The van der Waals surface area contributed by atoms with E-state index in [-0.39, 0.29) is 40.5 Å². The third-order valence-electron chi connectivity index (χ3n) is 6.76. The number of nitrogens with one attached hydrogen (secondary N) is 1. The van der Waals surface area contributed by atoms with Gasteiger partial charge in [-0.3, -0.25) is 4.79 Å². The SMILES string of the molecule is CN1C[C@@H]2C(Nc3nc(Cl)c(Cl)c4c3C(=O)N3CCN(C(=O)OC(C)(C)C)C[C@@H]3CO4)[C@@H]2C1. The first-order chi connectivity index (χ1) is 15.5. The van der Waals surface area contributed by atoms with Crippen molar-refractivity contribution in [1.82, 2.24) is 19.7 Å². The minimum atomic E-state index is -0.591. The smallest absolute Gasteiger partial charge is 0.410 e. The summed E-state index contributed by atoms with van der Waals surface area (Å²) in [5.41, 5.74) is -0.275. The van der Waals surface area contributed by atoms with E-state index in [2.05, 4.69) is 22.2 Å². The molecule has 2 saturated heterocycles. The largest absolute Gasteiger partial charge is 0.489 e. The highest BCUT2D eigenvalue weighted by Crippen LogP contribution is 2.48. The molecule has 4 heterocycles. The van der Waals surface area contributed by atoms with Crippen molar-refractivity contribution in [3.63, 3.8) is 0 Å². The molecule has 9 nitrogen and oxygen atoms in total. The number of nitrogens with zero attached hydrogens (tertiary/aromatic N) is 4. The van der Waals surface area contributed by atoms with Crippen molar-refractivity contribution in [3.8, 4) is 5.75 Å². The predicted molar refractivity (Wildman–Crippen MR) is 124 cm³/mol. The number of piperidine rings is 1. The average Bonchev–Trinajstić information content (AvgIpc) is 3.22. The van der Waals surface area contributed by atoms with Gasteiger partial charge in [-0.1, -0.05) is 23.2 Å². The molecule has 180 valence electrons. The molecule has 4 aliphatic rings. The highest BCUT2D eigenvalue weighted by molar-refractivity contribution is 6.42. The van der Waals surface area contributed by atoms with E-state index in [1.54, 1.807) is 9.80 Å². The summed E-state index contributed by atoms with van der Waals surface area (Å²) in [5.74, 6) is 1.53. The summed E-state index contributed by atoms with van der Waals surface area (Å²) in [6, 6.07) is -0.0753. The Morgan fingerprint density at radius 3 is 2.55 bits per heavy atom. The molecule has 5 rings (SSSR count). The van der Waals surface area contributed by atoms with E-state index in [0.717, 1.165) is 13.1 Å². The van der Waals surface area contributed by atoms with Gasteiger partial charge in [0.25, 0.3) is 5.91 Å². The maximum Gasteiger partial charge on any atom is 0.410 e. The van der Waals surface area contributed by atoms with Gasteiger partial charge in [-0.25, -0.2) is 9.78 Å². The standard InChI is InChI=1S/C22H29Cl2N5O4/c1-22(2,3)33-21(31)28-5-6-29-11(7-28)10-32-17-14(20(29)30)19(26-18(24)15(17)23)25-16-12-8-27(4)9-13(12)16/h11-13,16H,5-10H2,1-4H3,(H,25,26)/t11-,12-,13+,16?/m1/s1. The first kappa shape index (κ1) is 22.8. The number of piperazine rings is 1. The Kier molecular flexibility index (Phi) is 5.57. The topological polar surface area (TPSA) is 87.2 Å². The highest BCUT2D eigenvalue weighted by atomic mass is 35.5. The number of pyridine rings is 1. The quantitative estimate of drug-likeness (QED) is 0.628. The molecule has 1 saturated carbocycles. The van der Waals surface area contributed by atoms with Crippen LogP contribution in [0.5, 0.6) is 5.75 Å². The van der Waals surface area contributed by atoms with Gasteiger partial charge >= 0.3 is 6.09 Å². The zero-order chi connectivity index (χ0) is 23.7. The summed E-state index contributed by atoms with van der Waals surface area (Å²) >= 11 is 12.7. The second-order valence-corrected chi connectivity index (χ2v) is 11.1. The summed E-state index contributed by atoms with van der Waals surface area (Å²) in [6.45, 7) is 8.77. The van der Waals surface area contributed by atoms with Crippen LogP contribution in [0.1, 0.15) is 31.1 Å². The second kappa shape index (κ2) is 8.06. The number of fused-ring (bicyclic) bond motifs is 3.